The molecule has 1 aromatic rings. The third-order valence-corrected chi connectivity index (χ3v) is 3.95. The van der Waals surface area contributed by atoms with Gasteiger partial charge < -0.3 is 15.8 Å². The van der Waals surface area contributed by atoms with E-state index in [4.69, 9.17) is 22.1 Å². The number of halogens is 1. The van der Waals surface area contributed by atoms with Gasteiger partial charge in [-0.1, -0.05) is 24.4 Å². The van der Waals surface area contributed by atoms with E-state index in [2.05, 4.69) is 12.2 Å². The monoisotopic (exact) mass is 282 g/mol. The van der Waals surface area contributed by atoms with E-state index in [0.29, 0.717) is 22.0 Å². The fourth-order valence-electron chi connectivity index (χ4n) is 2.61. The van der Waals surface area contributed by atoms with E-state index in [1.807, 2.05) is 0 Å². The Balaban J connectivity index is 2.40. The van der Waals surface area contributed by atoms with Crippen LogP contribution in [0.2, 0.25) is 5.02 Å². The number of nitrogens with two attached hydrogens (primary N) is 1. The van der Waals surface area contributed by atoms with Crippen molar-refractivity contribution < 1.29 is 9.53 Å². The van der Waals surface area contributed by atoms with Gasteiger partial charge in [-0.2, -0.15) is 0 Å². The first-order valence-corrected chi connectivity index (χ1v) is 6.78. The van der Waals surface area contributed by atoms with Gasteiger partial charge in [-0.15, -0.1) is 0 Å². The maximum absolute atomic E-state index is 11.8. The van der Waals surface area contributed by atoms with Crippen LogP contribution in [-0.2, 0) is 4.74 Å². The number of anilines is 2. The van der Waals surface area contributed by atoms with E-state index >= 15 is 0 Å². The highest BCUT2D eigenvalue weighted by Gasteiger charge is 2.30. The topological polar surface area (TPSA) is 64.3 Å². The van der Waals surface area contributed by atoms with Crippen molar-refractivity contribution in [2.24, 2.45) is 0 Å². The zero-order chi connectivity index (χ0) is 14.0. The Kier molecular flexibility index (Phi) is 3.90. The molecule has 1 aliphatic carbocycles. The van der Waals surface area contributed by atoms with Crippen molar-refractivity contribution in [2.45, 2.75) is 38.1 Å². The minimum Gasteiger partial charge on any atom is -0.465 e. The number of rotatable bonds is 3. The summed E-state index contributed by atoms with van der Waals surface area (Å²) in [5.41, 5.74) is 7.18. The molecule has 0 bridgehead atoms. The molecule has 0 spiro atoms. The van der Waals surface area contributed by atoms with E-state index in [0.717, 1.165) is 12.8 Å². The Hall–Kier alpha value is -1.42. The number of carbonyl (C=O) groups is 1. The van der Waals surface area contributed by atoms with Crippen LogP contribution in [0, 0.1) is 0 Å². The summed E-state index contributed by atoms with van der Waals surface area (Å²) < 4.78 is 4.79. The number of hydrogen-bond donors (Lipinski definition) is 2. The average Bonchev–Trinajstić information content (AvgIpc) is 2.78. The Bertz CT molecular complexity index is 496. The van der Waals surface area contributed by atoms with Crippen LogP contribution in [0.1, 0.15) is 43.0 Å². The van der Waals surface area contributed by atoms with Crippen LogP contribution >= 0.6 is 11.6 Å². The third-order valence-electron chi connectivity index (χ3n) is 3.65. The van der Waals surface area contributed by atoms with E-state index < -0.39 is 5.97 Å². The minimum atomic E-state index is -0.432. The molecule has 0 radical (unpaired) electrons. The van der Waals surface area contributed by atoms with Crippen molar-refractivity contribution in [3.8, 4) is 0 Å². The smallest absolute Gasteiger partial charge is 0.340 e. The van der Waals surface area contributed by atoms with Crippen LogP contribution in [-0.4, -0.2) is 18.6 Å². The van der Waals surface area contributed by atoms with Crippen molar-refractivity contribution in [1.82, 2.24) is 0 Å². The first-order chi connectivity index (χ1) is 8.95. The lowest BCUT2D eigenvalue weighted by Gasteiger charge is -2.28. The third kappa shape index (κ3) is 2.95. The van der Waals surface area contributed by atoms with Crippen LogP contribution in [0.4, 0.5) is 11.4 Å². The van der Waals surface area contributed by atoms with Gasteiger partial charge in [0, 0.05) is 11.2 Å². The first kappa shape index (κ1) is 14.0. The van der Waals surface area contributed by atoms with Gasteiger partial charge in [0.15, 0.2) is 0 Å². The molecule has 0 saturated heterocycles. The fraction of sp³-hybridized carbons (Fsp3) is 0.500. The second-order valence-electron chi connectivity index (χ2n) is 5.31. The van der Waals surface area contributed by atoms with Crippen LogP contribution in [0.5, 0.6) is 0 Å². The van der Waals surface area contributed by atoms with Crippen molar-refractivity contribution in [2.75, 3.05) is 18.2 Å². The highest BCUT2D eigenvalue weighted by atomic mass is 35.5. The van der Waals surface area contributed by atoms with Gasteiger partial charge in [0.2, 0.25) is 0 Å². The zero-order valence-corrected chi connectivity index (χ0v) is 12.0. The Morgan fingerprint density at radius 2 is 2.05 bits per heavy atom. The van der Waals surface area contributed by atoms with Gasteiger partial charge in [0.25, 0.3) is 0 Å². The molecule has 3 N–H and O–H groups in total. The number of nitrogen functional groups attached to an aromatic ring is 1. The Labute approximate surface area is 118 Å². The fourth-order valence-corrected chi connectivity index (χ4v) is 2.88. The average molecular weight is 283 g/mol. The largest absolute Gasteiger partial charge is 0.465 e. The predicted molar refractivity (Wildman–Crippen MR) is 77.7 cm³/mol. The summed E-state index contributed by atoms with van der Waals surface area (Å²) in [5.74, 6) is -0.432. The number of ether oxygens (including phenoxy) is 1. The van der Waals surface area contributed by atoms with Crippen molar-refractivity contribution in [3.05, 3.63) is 22.7 Å². The summed E-state index contributed by atoms with van der Waals surface area (Å²) in [6.45, 7) is 2.15. The minimum absolute atomic E-state index is 0.0253. The number of esters is 1. The summed E-state index contributed by atoms with van der Waals surface area (Å²) >= 11 is 6.23. The molecule has 2 rings (SSSR count). The van der Waals surface area contributed by atoms with Crippen LogP contribution < -0.4 is 11.1 Å². The molecule has 0 heterocycles. The molecule has 104 valence electrons. The molecular weight excluding hydrogens is 264 g/mol. The van der Waals surface area contributed by atoms with Gasteiger partial charge in [0.05, 0.1) is 23.4 Å². The van der Waals surface area contributed by atoms with Gasteiger partial charge in [-0.05, 0) is 31.9 Å². The number of nitrogens with one attached hydrogen (secondary N) is 1. The molecular formula is C14H19ClN2O2. The molecule has 1 aliphatic rings. The summed E-state index contributed by atoms with van der Waals surface area (Å²) in [6.07, 6.45) is 4.50. The van der Waals surface area contributed by atoms with E-state index in [1.165, 1.54) is 20.0 Å². The van der Waals surface area contributed by atoms with Crippen LogP contribution in [0.3, 0.4) is 0 Å². The molecule has 0 aromatic heterocycles. The number of benzene rings is 1. The molecule has 4 nitrogen and oxygen atoms in total. The lowest BCUT2D eigenvalue weighted by atomic mass is 9.99. The number of hydrogen-bond acceptors (Lipinski definition) is 4. The summed E-state index contributed by atoms with van der Waals surface area (Å²) in [5, 5.41) is 3.86. The highest BCUT2D eigenvalue weighted by molar-refractivity contribution is 6.34. The summed E-state index contributed by atoms with van der Waals surface area (Å²) in [6, 6.07) is 3.24. The molecule has 0 unspecified atom stereocenters. The maximum atomic E-state index is 11.8. The van der Waals surface area contributed by atoms with Gasteiger partial charge in [-0.25, -0.2) is 4.79 Å². The molecule has 19 heavy (non-hydrogen) atoms. The number of methoxy groups -OCH3 is 1. The standard InChI is InChI=1S/C14H19ClN2O2/c1-14(5-3-4-6-14)17-12-10(13(18)19-2)7-9(16)8-11(12)15/h7-8,17H,3-6,16H2,1-2H3. The van der Waals surface area contributed by atoms with Gasteiger partial charge in [-0.3, -0.25) is 0 Å². The van der Waals surface area contributed by atoms with Crippen molar-refractivity contribution in [3.63, 3.8) is 0 Å². The maximum Gasteiger partial charge on any atom is 0.340 e. The zero-order valence-electron chi connectivity index (χ0n) is 11.3. The van der Waals surface area contributed by atoms with Gasteiger partial charge >= 0.3 is 5.97 Å². The molecule has 5 heteroatoms. The lowest BCUT2D eigenvalue weighted by molar-refractivity contribution is 0.0602. The summed E-state index contributed by atoms with van der Waals surface area (Å²) in [7, 11) is 1.35. The van der Waals surface area contributed by atoms with Crippen molar-refractivity contribution in [1.29, 1.82) is 0 Å². The second-order valence-corrected chi connectivity index (χ2v) is 5.72. The van der Waals surface area contributed by atoms with Gasteiger partial charge in [0.1, 0.15) is 0 Å². The second kappa shape index (κ2) is 5.29. The Morgan fingerprint density at radius 3 is 2.63 bits per heavy atom. The quantitative estimate of drug-likeness (QED) is 0.658. The molecule has 1 fully saturated rings. The van der Waals surface area contributed by atoms with Crippen molar-refractivity contribution >= 4 is 28.9 Å². The van der Waals surface area contributed by atoms with E-state index in [9.17, 15) is 4.79 Å². The van der Waals surface area contributed by atoms with E-state index in [-0.39, 0.29) is 5.54 Å². The first-order valence-electron chi connectivity index (χ1n) is 6.41. The summed E-state index contributed by atoms with van der Waals surface area (Å²) in [4.78, 5) is 11.8. The molecule has 1 saturated carbocycles. The van der Waals surface area contributed by atoms with Crippen LogP contribution in [0.15, 0.2) is 12.1 Å². The lowest BCUT2D eigenvalue weighted by Crippen LogP contribution is -2.32. The number of carbonyl (C=O) groups excluding carboxylic acids is 1. The highest BCUT2D eigenvalue weighted by Crippen LogP contribution is 2.37. The van der Waals surface area contributed by atoms with Crippen LogP contribution in [0.25, 0.3) is 0 Å². The predicted octanol–water partition coefficient (Wildman–Crippen LogP) is 3.45. The molecule has 0 aliphatic heterocycles. The Morgan fingerprint density at radius 1 is 1.42 bits per heavy atom. The molecule has 1 aromatic carbocycles. The van der Waals surface area contributed by atoms with E-state index in [1.54, 1.807) is 12.1 Å². The molecule has 0 amide bonds. The molecule has 0 atom stereocenters. The SMILES string of the molecule is COC(=O)c1cc(N)cc(Cl)c1NC1(C)CCCC1. The normalized spacial score (nSPS) is 17.2.